The highest BCUT2D eigenvalue weighted by molar-refractivity contribution is 5.91. The number of amides is 3. The standard InChI is InChI=1S/C26H28F3N3O5/c1-36-23(33)22(16-17-5-4-7-19(15-17)26(27,28)29)37-25(35)31-12-10-20(11-13-31)32-14-9-18-6-2-3-8-21(18)30-24(32)34/h2-8,15,20,22H,9-14,16H2,1H3,(H,30,34). The summed E-state index contributed by atoms with van der Waals surface area (Å²) in [7, 11) is 1.12. The Morgan fingerprint density at radius 2 is 1.81 bits per heavy atom. The van der Waals surface area contributed by atoms with Gasteiger partial charge in [0, 0.05) is 37.8 Å². The summed E-state index contributed by atoms with van der Waals surface area (Å²) in [6.07, 6.45) is -5.18. The number of piperidine rings is 1. The number of carbonyl (C=O) groups is 3. The lowest BCUT2D eigenvalue weighted by Gasteiger charge is -2.37. The molecule has 1 atom stereocenters. The Kier molecular flexibility index (Phi) is 7.89. The normalized spacial score (nSPS) is 17.4. The summed E-state index contributed by atoms with van der Waals surface area (Å²) >= 11 is 0. The van der Waals surface area contributed by atoms with Gasteiger partial charge in [-0.25, -0.2) is 14.4 Å². The van der Waals surface area contributed by atoms with Crippen molar-refractivity contribution in [2.45, 2.75) is 44.0 Å². The number of ether oxygens (including phenoxy) is 2. The summed E-state index contributed by atoms with van der Waals surface area (Å²) in [5, 5.41) is 2.95. The van der Waals surface area contributed by atoms with Gasteiger partial charge < -0.3 is 24.6 Å². The molecule has 0 spiro atoms. The fraction of sp³-hybridized carbons (Fsp3) is 0.423. The van der Waals surface area contributed by atoms with Crippen LogP contribution in [-0.4, -0.2) is 66.8 Å². The van der Waals surface area contributed by atoms with Crippen LogP contribution < -0.4 is 5.32 Å². The lowest BCUT2D eigenvalue weighted by molar-refractivity contribution is -0.151. The molecule has 0 aliphatic carbocycles. The Balaban J connectivity index is 1.35. The maximum absolute atomic E-state index is 13.1. The number of likely N-dealkylation sites (tertiary alicyclic amines) is 1. The van der Waals surface area contributed by atoms with E-state index >= 15 is 0 Å². The Bertz CT molecular complexity index is 1150. The van der Waals surface area contributed by atoms with Gasteiger partial charge in [0.1, 0.15) is 0 Å². The van der Waals surface area contributed by atoms with E-state index in [2.05, 4.69) is 5.32 Å². The van der Waals surface area contributed by atoms with Crippen LogP contribution in [0.15, 0.2) is 48.5 Å². The average Bonchev–Trinajstić information content (AvgIpc) is 3.05. The van der Waals surface area contributed by atoms with Gasteiger partial charge in [-0.15, -0.1) is 0 Å². The van der Waals surface area contributed by atoms with E-state index in [1.165, 1.54) is 17.0 Å². The maximum atomic E-state index is 13.1. The fourth-order valence-corrected chi connectivity index (χ4v) is 4.69. The third-order valence-corrected chi connectivity index (χ3v) is 6.69. The summed E-state index contributed by atoms with van der Waals surface area (Å²) in [5.41, 5.74) is 1.19. The molecule has 37 heavy (non-hydrogen) atoms. The lowest BCUT2D eigenvalue weighted by atomic mass is 10.0. The number of anilines is 1. The van der Waals surface area contributed by atoms with Crippen LogP contribution in [0.2, 0.25) is 0 Å². The smallest absolute Gasteiger partial charge is 0.416 e. The molecule has 0 bridgehead atoms. The van der Waals surface area contributed by atoms with E-state index in [0.717, 1.165) is 30.5 Å². The minimum Gasteiger partial charge on any atom is -0.466 e. The number of fused-ring (bicyclic) bond motifs is 1. The van der Waals surface area contributed by atoms with Crippen LogP contribution in [0, 0.1) is 0 Å². The molecule has 2 heterocycles. The molecule has 8 nitrogen and oxygen atoms in total. The minimum absolute atomic E-state index is 0.0696. The summed E-state index contributed by atoms with van der Waals surface area (Å²) in [6.45, 7) is 1.16. The molecule has 1 saturated heterocycles. The summed E-state index contributed by atoms with van der Waals surface area (Å²) in [5.74, 6) is -0.860. The quantitative estimate of drug-likeness (QED) is 0.589. The number of alkyl halides is 3. The Morgan fingerprint density at radius 3 is 2.51 bits per heavy atom. The van der Waals surface area contributed by atoms with E-state index in [9.17, 15) is 27.6 Å². The van der Waals surface area contributed by atoms with Gasteiger partial charge in [-0.3, -0.25) is 0 Å². The highest BCUT2D eigenvalue weighted by Crippen LogP contribution is 2.30. The van der Waals surface area contributed by atoms with Crippen molar-refractivity contribution in [2.75, 3.05) is 32.1 Å². The van der Waals surface area contributed by atoms with Crippen LogP contribution in [0.3, 0.4) is 0 Å². The molecule has 4 rings (SSSR count). The van der Waals surface area contributed by atoms with Crippen molar-refractivity contribution in [1.82, 2.24) is 9.80 Å². The zero-order chi connectivity index (χ0) is 26.6. The maximum Gasteiger partial charge on any atom is 0.416 e. The minimum atomic E-state index is -4.54. The van der Waals surface area contributed by atoms with Gasteiger partial charge in [0.25, 0.3) is 0 Å². The highest BCUT2D eigenvalue weighted by atomic mass is 19.4. The Morgan fingerprint density at radius 1 is 1.08 bits per heavy atom. The third kappa shape index (κ3) is 6.33. The first-order chi connectivity index (χ1) is 17.7. The molecule has 2 aromatic rings. The van der Waals surface area contributed by atoms with Crippen LogP contribution >= 0.6 is 0 Å². The van der Waals surface area contributed by atoms with E-state index in [1.807, 2.05) is 24.3 Å². The first-order valence-electron chi connectivity index (χ1n) is 12.0. The zero-order valence-corrected chi connectivity index (χ0v) is 20.3. The van der Waals surface area contributed by atoms with Gasteiger partial charge in [-0.05, 0) is 42.5 Å². The van der Waals surface area contributed by atoms with Crippen LogP contribution in [0.5, 0.6) is 0 Å². The number of hydrogen-bond acceptors (Lipinski definition) is 5. The van der Waals surface area contributed by atoms with E-state index in [0.29, 0.717) is 38.9 Å². The molecular weight excluding hydrogens is 491 g/mol. The number of halogens is 3. The van der Waals surface area contributed by atoms with Gasteiger partial charge in [-0.2, -0.15) is 13.2 Å². The highest BCUT2D eigenvalue weighted by Gasteiger charge is 2.34. The van der Waals surface area contributed by atoms with Crippen molar-refractivity contribution in [3.8, 4) is 0 Å². The Hall–Kier alpha value is -3.76. The molecule has 0 aromatic heterocycles. The number of rotatable bonds is 5. The number of nitrogens with zero attached hydrogens (tertiary/aromatic N) is 2. The van der Waals surface area contributed by atoms with E-state index < -0.39 is 29.9 Å². The van der Waals surface area contributed by atoms with Crippen molar-refractivity contribution in [3.63, 3.8) is 0 Å². The fourth-order valence-electron chi connectivity index (χ4n) is 4.69. The van der Waals surface area contributed by atoms with Crippen LogP contribution in [0.4, 0.5) is 28.4 Å². The summed E-state index contributed by atoms with van der Waals surface area (Å²) in [6, 6.07) is 11.9. The van der Waals surface area contributed by atoms with Gasteiger partial charge in [0.2, 0.25) is 6.10 Å². The second-order valence-corrected chi connectivity index (χ2v) is 9.05. The van der Waals surface area contributed by atoms with Crippen LogP contribution in [0.1, 0.15) is 29.5 Å². The first kappa shape index (κ1) is 26.3. The molecule has 1 fully saturated rings. The van der Waals surface area contributed by atoms with Crippen LogP contribution in [0.25, 0.3) is 0 Å². The van der Waals surface area contributed by atoms with E-state index in [1.54, 1.807) is 4.90 Å². The number of benzene rings is 2. The SMILES string of the molecule is COC(=O)C(Cc1cccc(C(F)(F)F)c1)OC(=O)N1CCC(N2CCc3ccccc3NC2=O)CC1. The predicted octanol–water partition coefficient (Wildman–Crippen LogP) is 4.48. The van der Waals surface area contributed by atoms with E-state index in [4.69, 9.17) is 9.47 Å². The zero-order valence-electron chi connectivity index (χ0n) is 20.3. The molecule has 1 unspecified atom stereocenters. The van der Waals surface area contributed by atoms with Gasteiger partial charge >= 0.3 is 24.3 Å². The number of hydrogen-bond donors (Lipinski definition) is 1. The topological polar surface area (TPSA) is 88.2 Å². The van der Waals surface area contributed by atoms with Crippen LogP contribution in [-0.2, 0) is 33.3 Å². The van der Waals surface area contributed by atoms with E-state index in [-0.39, 0.29) is 24.1 Å². The van der Waals surface area contributed by atoms with Crippen molar-refractivity contribution in [1.29, 1.82) is 0 Å². The van der Waals surface area contributed by atoms with Gasteiger partial charge in [-0.1, -0.05) is 36.4 Å². The summed E-state index contributed by atoms with van der Waals surface area (Å²) in [4.78, 5) is 41.1. The van der Waals surface area contributed by atoms with Crippen molar-refractivity contribution in [3.05, 3.63) is 65.2 Å². The number of carbonyl (C=O) groups excluding carboxylic acids is 3. The Labute approximate surface area is 212 Å². The largest absolute Gasteiger partial charge is 0.466 e. The molecule has 198 valence electrons. The summed E-state index contributed by atoms with van der Waals surface area (Å²) < 4.78 is 49.2. The molecule has 2 aliphatic heterocycles. The van der Waals surface area contributed by atoms with Gasteiger partial charge in [0.05, 0.1) is 12.7 Å². The lowest BCUT2D eigenvalue weighted by Crippen LogP contribution is -2.50. The van der Waals surface area contributed by atoms with Crippen molar-refractivity contribution < 1.29 is 37.0 Å². The number of urea groups is 1. The molecule has 11 heteroatoms. The van der Waals surface area contributed by atoms with Crippen molar-refractivity contribution >= 4 is 23.8 Å². The second-order valence-electron chi connectivity index (χ2n) is 9.05. The van der Waals surface area contributed by atoms with Crippen molar-refractivity contribution in [2.24, 2.45) is 0 Å². The molecular formula is C26H28F3N3O5. The number of methoxy groups -OCH3 is 1. The molecule has 1 N–H and O–H groups in total. The molecule has 3 amide bonds. The third-order valence-electron chi connectivity index (χ3n) is 6.69. The molecule has 0 radical (unpaired) electrons. The monoisotopic (exact) mass is 519 g/mol. The first-order valence-corrected chi connectivity index (χ1v) is 12.0. The predicted molar refractivity (Wildman–Crippen MR) is 128 cm³/mol. The molecule has 0 saturated carbocycles. The molecule has 2 aromatic carbocycles. The molecule has 2 aliphatic rings. The number of para-hydroxylation sites is 1. The van der Waals surface area contributed by atoms with Gasteiger partial charge in [0.15, 0.2) is 0 Å². The average molecular weight is 520 g/mol. The number of esters is 1. The number of nitrogens with one attached hydrogen (secondary N) is 1. The second kappa shape index (κ2) is 11.1.